The molecule has 4 nitrogen and oxygen atoms in total. The van der Waals surface area contributed by atoms with Gasteiger partial charge in [-0.2, -0.15) is 0 Å². The van der Waals surface area contributed by atoms with Crippen LogP contribution in [0.4, 0.5) is 5.82 Å². The number of hydrogen-bond donors (Lipinski definition) is 1. The third-order valence-corrected chi connectivity index (χ3v) is 3.22. The maximum absolute atomic E-state index is 5.35. The molecule has 0 saturated carbocycles. The van der Waals surface area contributed by atoms with Gasteiger partial charge in [-0.05, 0) is 28.8 Å². The second-order valence-electron chi connectivity index (χ2n) is 4.35. The van der Waals surface area contributed by atoms with Crippen molar-refractivity contribution in [3.63, 3.8) is 0 Å². The highest BCUT2D eigenvalue weighted by Crippen LogP contribution is 2.16. The molecule has 1 unspecified atom stereocenters. The number of aryl methyl sites for hydroxylation is 1. The minimum Gasteiger partial charge on any atom is -0.381 e. The zero-order chi connectivity index (χ0) is 12.1. The van der Waals surface area contributed by atoms with Crippen LogP contribution in [0.5, 0.6) is 0 Å². The fourth-order valence-electron chi connectivity index (χ4n) is 1.88. The third kappa shape index (κ3) is 3.92. The average Bonchev–Trinajstić information content (AvgIpc) is 2.79. The molecule has 1 aromatic heterocycles. The number of nitrogens with one attached hydrogen (secondary N) is 1. The highest BCUT2D eigenvalue weighted by molar-refractivity contribution is 9.10. The molecule has 1 aromatic rings. The largest absolute Gasteiger partial charge is 0.381 e. The van der Waals surface area contributed by atoms with Crippen LogP contribution in [0.2, 0.25) is 0 Å². The van der Waals surface area contributed by atoms with E-state index in [1.54, 1.807) is 0 Å². The van der Waals surface area contributed by atoms with Crippen molar-refractivity contribution < 1.29 is 4.74 Å². The van der Waals surface area contributed by atoms with Crippen LogP contribution in [-0.4, -0.2) is 29.7 Å². The smallest absolute Gasteiger partial charge is 0.132 e. The van der Waals surface area contributed by atoms with Crippen molar-refractivity contribution in [2.75, 3.05) is 25.1 Å². The van der Waals surface area contributed by atoms with Crippen LogP contribution in [0.15, 0.2) is 10.7 Å². The molecular formula is C12H18BrN3O. The Morgan fingerprint density at radius 2 is 2.41 bits per heavy atom. The fraction of sp³-hybridized carbons (Fsp3) is 0.667. The molecule has 0 aliphatic carbocycles. The van der Waals surface area contributed by atoms with Crippen LogP contribution in [0.3, 0.4) is 0 Å². The zero-order valence-electron chi connectivity index (χ0n) is 10.1. The van der Waals surface area contributed by atoms with E-state index in [0.717, 1.165) is 55.3 Å². The lowest BCUT2D eigenvalue weighted by molar-refractivity contribution is 0.187. The van der Waals surface area contributed by atoms with E-state index in [-0.39, 0.29) is 0 Å². The van der Waals surface area contributed by atoms with Crippen molar-refractivity contribution in [1.29, 1.82) is 0 Å². The van der Waals surface area contributed by atoms with Crippen molar-refractivity contribution in [2.45, 2.75) is 26.2 Å². The molecule has 94 valence electrons. The Bertz CT molecular complexity index is 367. The lowest BCUT2D eigenvalue weighted by atomic mass is 10.1. The Hall–Kier alpha value is -0.680. The molecule has 2 heterocycles. The molecule has 1 saturated heterocycles. The van der Waals surface area contributed by atoms with E-state index in [2.05, 4.69) is 38.1 Å². The van der Waals surface area contributed by atoms with Crippen LogP contribution in [0.1, 0.15) is 25.6 Å². The average molecular weight is 300 g/mol. The van der Waals surface area contributed by atoms with Crippen LogP contribution >= 0.6 is 15.9 Å². The van der Waals surface area contributed by atoms with Gasteiger partial charge in [-0.1, -0.05) is 6.92 Å². The molecule has 1 N–H and O–H groups in total. The highest BCUT2D eigenvalue weighted by atomic mass is 79.9. The monoisotopic (exact) mass is 299 g/mol. The lowest BCUT2D eigenvalue weighted by Crippen LogP contribution is -2.15. The molecule has 0 spiro atoms. The summed E-state index contributed by atoms with van der Waals surface area (Å²) in [5.41, 5.74) is 0. The van der Waals surface area contributed by atoms with Crippen molar-refractivity contribution in [1.82, 2.24) is 9.97 Å². The van der Waals surface area contributed by atoms with Gasteiger partial charge in [0.05, 0.1) is 6.61 Å². The number of anilines is 1. The van der Waals surface area contributed by atoms with Gasteiger partial charge in [0.25, 0.3) is 0 Å². The summed E-state index contributed by atoms with van der Waals surface area (Å²) in [6.07, 6.45) is 3.12. The first-order valence-electron chi connectivity index (χ1n) is 6.13. The molecule has 0 amide bonds. The van der Waals surface area contributed by atoms with Gasteiger partial charge in [0, 0.05) is 31.6 Å². The van der Waals surface area contributed by atoms with Crippen LogP contribution < -0.4 is 5.32 Å². The Morgan fingerprint density at radius 1 is 1.53 bits per heavy atom. The number of ether oxygens (including phenoxy) is 1. The molecule has 1 aliphatic heterocycles. The predicted octanol–water partition coefficient (Wildman–Crippen LogP) is 2.64. The third-order valence-electron chi connectivity index (χ3n) is 2.81. The second kappa shape index (κ2) is 6.31. The van der Waals surface area contributed by atoms with E-state index in [1.807, 2.05) is 6.07 Å². The van der Waals surface area contributed by atoms with Crippen molar-refractivity contribution in [3.8, 4) is 0 Å². The first-order valence-corrected chi connectivity index (χ1v) is 6.92. The Morgan fingerprint density at radius 3 is 3.12 bits per heavy atom. The SMILES string of the molecule is CCCc1nc(Br)cc(NCC2CCOC2)n1. The maximum Gasteiger partial charge on any atom is 0.132 e. The molecule has 2 rings (SSSR count). The Balaban J connectivity index is 1.94. The standard InChI is InChI=1S/C12H18BrN3O/c1-2-3-11-15-10(13)6-12(16-11)14-7-9-4-5-17-8-9/h6,9H,2-5,7-8H2,1H3,(H,14,15,16). The summed E-state index contributed by atoms with van der Waals surface area (Å²) in [5.74, 6) is 2.41. The van der Waals surface area contributed by atoms with E-state index in [4.69, 9.17) is 4.74 Å². The first-order chi connectivity index (χ1) is 8.28. The van der Waals surface area contributed by atoms with E-state index >= 15 is 0 Å². The number of nitrogens with zero attached hydrogens (tertiary/aromatic N) is 2. The Labute approximate surface area is 110 Å². The minimum atomic E-state index is 0.610. The number of halogens is 1. The van der Waals surface area contributed by atoms with Crippen LogP contribution in [-0.2, 0) is 11.2 Å². The molecule has 1 fully saturated rings. The van der Waals surface area contributed by atoms with E-state index in [0.29, 0.717) is 5.92 Å². The second-order valence-corrected chi connectivity index (χ2v) is 5.17. The highest BCUT2D eigenvalue weighted by Gasteiger charge is 2.15. The van der Waals surface area contributed by atoms with Crippen molar-refractivity contribution in [3.05, 3.63) is 16.5 Å². The molecule has 0 bridgehead atoms. The minimum absolute atomic E-state index is 0.610. The van der Waals surface area contributed by atoms with Gasteiger partial charge < -0.3 is 10.1 Å². The molecule has 1 aliphatic rings. The van der Waals surface area contributed by atoms with Crippen LogP contribution in [0, 0.1) is 5.92 Å². The summed E-state index contributed by atoms with van der Waals surface area (Å²) in [6, 6.07) is 1.93. The molecule has 1 atom stereocenters. The number of hydrogen-bond acceptors (Lipinski definition) is 4. The normalized spacial score (nSPS) is 19.5. The summed E-state index contributed by atoms with van der Waals surface area (Å²) in [6.45, 7) is 4.81. The van der Waals surface area contributed by atoms with Gasteiger partial charge in [-0.3, -0.25) is 0 Å². The quantitative estimate of drug-likeness (QED) is 0.849. The van der Waals surface area contributed by atoms with Gasteiger partial charge in [0.1, 0.15) is 16.2 Å². The summed E-state index contributed by atoms with van der Waals surface area (Å²) in [7, 11) is 0. The Kier molecular flexibility index (Phi) is 4.74. The predicted molar refractivity (Wildman–Crippen MR) is 71.1 cm³/mol. The van der Waals surface area contributed by atoms with E-state index in [1.165, 1.54) is 0 Å². The van der Waals surface area contributed by atoms with Gasteiger partial charge in [-0.25, -0.2) is 9.97 Å². The molecule has 17 heavy (non-hydrogen) atoms. The van der Waals surface area contributed by atoms with Gasteiger partial charge in [-0.15, -0.1) is 0 Å². The van der Waals surface area contributed by atoms with Gasteiger partial charge in [0.15, 0.2) is 0 Å². The van der Waals surface area contributed by atoms with Gasteiger partial charge >= 0.3 is 0 Å². The summed E-state index contributed by atoms with van der Waals surface area (Å²) >= 11 is 3.42. The molecule has 0 radical (unpaired) electrons. The summed E-state index contributed by atoms with van der Waals surface area (Å²) in [5, 5.41) is 3.37. The topological polar surface area (TPSA) is 47.0 Å². The number of aromatic nitrogens is 2. The molecule has 0 aromatic carbocycles. The molecular weight excluding hydrogens is 282 g/mol. The summed E-state index contributed by atoms with van der Waals surface area (Å²) in [4.78, 5) is 8.84. The fourth-order valence-corrected chi connectivity index (χ4v) is 2.31. The van der Waals surface area contributed by atoms with Crippen molar-refractivity contribution >= 4 is 21.7 Å². The lowest BCUT2D eigenvalue weighted by Gasteiger charge is -2.11. The van der Waals surface area contributed by atoms with E-state index < -0.39 is 0 Å². The van der Waals surface area contributed by atoms with Crippen LogP contribution in [0.25, 0.3) is 0 Å². The zero-order valence-corrected chi connectivity index (χ0v) is 11.7. The molecule has 5 heteroatoms. The summed E-state index contributed by atoms with van der Waals surface area (Å²) < 4.78 is 6.20. The van der Waals surface area contributed by atoms with Crippen molar-refractivity contribution in [2.24, 2.45) is 5.92 Å². The van der Waals surface area contributed by atoms with Gasteiger partial charge in [0.2, 0.25) is 0 Å². The number of rotatable bonds is 5. The van der Waals surface area contributed by atoms with E-state index in [9.17, 15) is 0 Å². The first kappa shape index (κ1) is 12.8. The maximum atomic E-state index is 5.35.